The zero-order chi connectivity index (χ0) is 15.3. The lowest BCUT2D eigenvalue weighted by molar-refractivity contribution is -0.118. The Kier molecular flexibility index (Phi) is 5.26. The lowest BCUT2D eigenvalue weighted by Crippen LogP contribution is -2.30. The maximum Gasteiger partial charge on any atom is 0.335 e. The zero-order valence-electron chi connectivity index (χ0n) is 11.3. The van der Waals surface area contributed by atoms with Crippen molar-refractivity contribution in [2.75, 3.05) is 12.3 Å². The Labute approximate surface area is 117 Å². The van der Waals surface area contributed by atoms with Crippen molar-refractivity contribution in [2.45, 2.75) is 25.2 Å². The molecule has 0 saturated carbocycles. The van der Waals surface area contributed by atoms with Crippen LogP contribution in [0.1, 0.15) is 29.8 Å². The molecule has 1 rings (SSSR count). The highest BCUT2D eigenvalue weighted by Crippen LogP contribution is 2.20. The van der Waals surface area contributed by atoms with Crippen molar-refractivity contribution in [1.29, 1.82) is 0 Å². The molecule has 0 heterocycles. The van der Waals surface area contributed by atoms with Crippen molar-refractivity contribution in [3.05, 3.63) is 29.3 Å². The summed E-state index contributed by atoms with van der Waals surface area (Å²) < 4.78 is 24.4. The number of hydrogen-bond acceptors (Lipinski definition) is 4. The maximum absolute atomic E-state index is 12.2. The topological polar surface area (TPSA) is 101 Å². The fraction of sp³-hybridized carbons (Fsp3) is 0.385. The highest BCUT2D eigenvalue weighted by molar-refractivity contribution is 7.92. The summed E-state index contributed by atoms with van der Waals surface area (Å²) in [5.41, 5.74) is 0.385. The molecule has 0 aliphatic carbocycles. The zero-order valence-corrected chi connectivity index (χ0v) is 12.2. The molecule has 110 valence electrons. The first-order valence-corrected chi connectivity index (χ1v) is 7.82. The van der Waals surface area contributed by atoms with E-state index in [1.807, 2.05) is 0 Å². The summed E-state index contributed by atoms with van der Waals surface area (Å²) in [4.78, 5) is 22.3. The van der Waals surface area contributed by atoms with Crippen LogP contribution in [0.25, 0.3) is 0 Å². The SMILES string of the molecule is CCNC(=O)CS(=O)(=O)c1cc(C(=O)O)ccc1CC. The maximum atomic E-state index is 12.2. The molecule has 0 bridgehead atoms. The number of aryl methyl sites for hydroxylation is 1. The van der Waals surface area contributed by atoms with Gasteiger partial charge in [0.2, 0.25) is 5.91 Å². The first-order valence-electron chi connectivity index (χ1n) is 6.17. The number of rotatable bonds is 6. The van der Waals surface area contributed by atoms with E-state index in [9.17, 15) is 18.0 Å². The Morgan fingerprint density at radius 2 is 1.90 bits per heavy atom. The number of hydrogen-bond donors (Lipinski definition) is 2. The normalized spacial score (nSPS) is 11.1. The number of carboxylic acids is 1. The predicted molar refractivity (Wildman–Crippen MR) is 73.5 cm³/mol. The van der Waals surface area contributed by atoms with Gasteiger partial charge in [-0.3, -0.25) is 4.79 Å². The van der Waals surface area contributed by atoms with Gasteiger partial charge in [0.15, 0.2) is 9.84 Å². The number of nitrogens with one attached hydrogen (secondary N) is 1. The Hall–Kier alpha value is -1.89. The van der Waals surface area contributed by atoms with E-state index in [1.165, 1.54) is 12.1 Å². The van der Waals surface area contributed by atoms with Gasteiger partial charge in [0, 0.05) is 6.54 Å². The van der Waals surface area contributed by atoms with Crippen molar-refractivity contribution < 1.29 is 23.1 Å². The van der Waals surface area contributed by atoms with Crippen LogP contribution in [-0.4, -0.2) is 37.7 Å². The minimum atomic E-state index is -3.86. The fourth-order valence-corrected chi connectivity index (χ4v) is 3.29. The standard InChI is InChI=1S/C13H17NO5S/c1-3-9-5-6-10(13(16)17)7-11(9)20(18,19)8-12(15)14-4-2/h5-7H,3-4,8H2,1-2H3,(H,14,15)(H,16,17). The average molecular weight is 299 g/mol. The fourth-order valence-electron chi connectivity index (χ4n) is 1.77. The Bertz CT molecular complexity index is 622. The van der Waals surface area contributed by atoms with E-state index in [0.717, 1.165) is 6.07 Å². The molecule has 0 fully saturated rings. The summed E-state index contributed by atoms with van der Waals surface area (Å²) in [6, 6.07) is 3.93. The molecular weight excluding hydrogens is 282 g/mol. The van der Waals surface area contributed by atoms with Gasteiger partial charge in [-0.15, -0.1) is 0 Å². The largest absolute Gasteiger partial charge is 0.478 e. The second-order valence-electron chi connectivity index (χ2n) is 4.19. The molecule has 1 amide bonds. The molecule has 20 heavy (non-hydrogen) atoms. The van der Waals surface area contributed by atoms with E-state index in [1.54, 1.807) is 13.8 Å². The molecule has 0 aromatic heterocycles. The van der Waals surface area contributed by atoms with E-state index in [-0.39, 0.29) is 10.5 Å². The Balaban J connectivity index is 3.24. The Morgan fingerprint density at radius 3 is 2.40 bits per heavy atom. The molecule has 0 aliphatic rings. The van der Waals surface area contributed by atoms with Crippen LogP contribution in [0.5, 0.6) is 0 Å². The van der Waals surface area contributed by atoms with Gasteiger partial charge in [-0.2, -0.15) is 0 Å². The molecule has 0 saturated heterocycles. The van der Waals surface area contributed by atoms with Gasteiger partial charge in [-0.25, -0.2) is 13.2 Å². The summed E-state index contributed by atoms with van der Waals surface area (Å²) >= 11 is 0. The van der Waals surface area contributed by atoms with Crippen LogP contribution in [0.3, 0.4) is 0 Å². The van der Waals surface area contributed by atoms with Crippen LogP contribution in [0.4, 0.5) is 0 Å². The summed E-state index contributed by atoms with van der Waals surface area (Å²) in [6.07, 6.45) is 0.434. The van der Waals surface area contributed by atoms with Gasteiger partial charge in [0.05, 0.1) is 10.5 Å². The number of sulfone groups is 1. The summed E-state index contributed by atoms with van der Waals surface area (Å²) in [5, 5.41) is 11.3. The summed E-state index contributed by atoms with van der Waals surface area (Å²) in [6.45, 7) is 3.79. The molecule has 0 radical (unpaired) electrons. The van der Waals surface area contributed by atoms with Crippen LogP contribution in [-0.2, 0) is 21.1 Å². The van der Waals surface area contributed by atoms with E-state index in [4.69, 9.17) is 5.11 Å². The first-order chi connectivity index (χ1) is 9.31. The Morgan fingerprint density at radius 1 is 1.25 bits per heavy atom. The van der Waals surface area contributed by atoms with Crippen molar-refractivity contribution in [3.8, 4) is 0 Å². The van der Waals surface area contributed by atoms with Crippen molar-refractivity contribution >= 4 is 21.7 Å². The average Bonchev–Trinajstić information content (AvgIpc) is 2.37. The lowest BCUT2D eigenvalue weighted by Gasteiger charge is -2.10. The quantitative estimate of drug-likeness (QED) is 0.811. The van der Waals surface area contributed by atoms with Crippen molar-refractivity contribution in [1.82, 2.24) is 5.32 Å². The predicted octanol–water partition coefficient (Wildman–Crippen LogP) is 0.857. The van der Waals surface area contributed by atoms with Gasteiger partial charge < -0.3 is 10.4 Å². The van der Waals surface area contributed by atoms with Crippen molar-refractivity contribution in [2.24, 2.45) is 0 Å². The highest BCUT2D eigenvalue weighted by atomic mass is 32.2. The van der Waals surface area contributed by atoms with Gasteiger partial charge in [0.1, 0.15) is 5.75 Å². The summed E-state index contributed by atoms with van der Waals surface area (Å²) in [5.74, 6) is -2.49. The lowest BCUT2D eigenvalue weighted by atomic mass is 10.1. The van der Waals surface area contributed by atoms with Crippen LogP contribution < -0.4 is 5.32 Å². The van der Waals surface area contributed by atoms with Crippen molar-refractivity contribution in [3.63, 3.8) is 0 Å². The molecule has 0 spiro atoms. The highest BCUT2D eigenvalue weighted by Gasteiger charge is 2.23. The van der Waals surface area contributed by atoms with Gasteiger partial charge in [0.25, 0.3) is 0 Å². The molecule has 6 nitrogen and oxygen atoms in total. The molecule has 1 aromatic carbocycles. The number of carbonyl (C=O) groups is 2. The molecule has 0 unspecified atom stereocenters. The van der Waals surface area contributed by atoms with E-state index in [2.05, 4.69) is 5.32 Å². The number of carbonyl (C=O) groups excluding carboxylic acids is 1. The van der Waals surface area contributed by atoms with Gasteiger partial charge in [-0.1, -0.05) is 13.0 Å². The second-order valence-corrected chi connectivity index (χ2v) is 6.15. The molecular formula is C13H17NO5S. The molecule has 7 heteroatoms. The van der Waals surface area contributed by atoms with E-state index in [0.29, 0.717) is 18.5 Å². The van der Waals surface area contributed by atoms with Crippen LogP contribution >= 0.6 is 0 Å². The molecule has 1 aromatic rings. The van der Waals surface area contributed by atoms with Crippen LogP contribution in [0.15, 0.2) is 23.1 Å². The van der Waals surface area contributed by atoms with Crippen LogP contribution in [0.2, 0.25) is 0 Å². The first kappa shape index (κ1) is 16.2. The third-order valence-electron chi connectivity index (χ3n) is 2.73. The second kappa shape index (κ2) is 6.51. The van der Waals surface area contributed by atoms with Gasteiger partial charge >= 0.3 is 5.97 Å². The monoisotopic (exact) mass is 299 g/mol. The molecule has 0 aliphatic heterocycles. The molecule has 2 N–H and O–H groups in total. The number of carboxylic acid groups (broad SMARTS) is 1. The third kappa shape index (κ3) is 3.80. The minimum Gasteiger partial charge on any atom is -0.478 e. The number of amides is 1. The number of aromatic carboxylic acids is 1. The smallest absolute Gasteiger partial charge is 0.335 e. The van der Waals surface area contributed by atoms with Crippen LogP contribution in [0, 0.1) is 0 Å². The number of benzene rings is 1. The third-order valence-corrected chi connectivity index (χ3v) is 4.42. The van der Waals surface area contributed by atoms with E-state index >= 15 is 0 Å². The van der Waals surface area contributed by atoms with E-state index < -0.39 is 27.5 Å². The van der Waals surface area contributed by atoms with Gasteiger partial charge in [-0.05, 0) is 31.0 Å². The summed E-state index contributed by atoms with van der Waals surface area (Å²) in [7, 11) is -3.86. The molecule has 0 atom stereocenters. The minimum absolute atomic E-state index is 0.0915.